The molecule has 11 nitrogen and oxygen atoms in total. The summed E-state index contributed by atoms with van der Waals surface area (Å²) in [4.78, 5) is 38.0. The van der Waals surface area contributed by atoms with Crippen molar-refractivity contribution in [2.75, 3.05) is 40.0 Å². The summed E-state index contributed by atoms with van der Waals surface area (Å²) in [5.41, 5.74) is 2.18. The van der Waals surface area contributed by atoms with E-state index in [1.165, 1.54) is 12.1 Å². The average molecular weight is 445 g/mol. The number of hydrogen-bond donors (Lipinski definition) is 3. The lowest BCUT2D eigenvalue weighted by Gasteiger charge is -2.39. The zero-order chi connectivity index (χ0) is 23.0. The molecule has 2 heterocycles. The van der Waals surface area contributed by atoms with Gasteiger partial charge >= 0.3 is 12.1 Å². The van der Waals surface area contributed by atoms with Gasteiger partial charge in [0.1, 0.15) is 23.8 Å². The summed E-state index contributed by atoms with van der Waals surface area (Å²) < 4.78 is 21.9. The Morgan fingerprint density at radius 1 is 1.29 bits per heavy atom. The second kappa shape index (κ2) is 11.6. The van der Waals surface area contributed by atoms with E-state index in [0.29, 0.717) is 45.7 Å². The number of morpholine rings is 1. The molecule has 2 aliphatic heterocycles. The van der Waals surface area contributed by atoms with E-state index in [9.17, 15) is 14.4 Å². The first-order valence-corrected chi connectivity index (χ1v) is 10.7. The summed E-state index contributed by atoms with van der Waals surface area (Å²) in [7, 11) is 1.30. The lowest BCUT2D eigenvalue weighted by molar-refractivity contribution is -0.155. The van der Waals surface area contributed by atoms with Crippen LogP contribution in [0.3, 0.4) is 0 Å². The normalized spacial score (nSPS) is 24.1. The van der Waals surface area contributed by atoms with Crippen LogP contribution >= 0.6 is 0 Å². The summed E-state index contributed by atoms with van der Waals surface area (Å²) in [6.07, 6.45) is -0.776. The standard InChI is InChI=1S/C20H36N4O7/c1-6-29-16(14-12-21-9-11-30-14)15(22-19(27)31-20(2,3)4)17(25)24-10-7-8-13(23-24)18(26)28-5/h13-16,21,23H,6-12H2,1-5H3,(H,22,27)/t13-,14+,15-,16+/m0/s1. The van der Waals surface area contributed by atoms with Crippen molar-refractivity contribution in [2.45, 2.75) is 70.4 Å². The largest absolute Gasteiger partial charge is 0.468 e. The SMILES string of the molecule is CCO[C@@H]([C@H](NC(=O)OC(C)(C)C)C(=O)N1CCC[C@@H](C(=O)OC)N1)[C@H]1CNCCO1. The fourth-order valence-corrected chi connectivity index (χ4v) is 3.55. The Morgan fingerprint density at radius 3 is 2.61 bits per heavy atom. The first kappa shape index (κ1) is 25.3. The molecule has 2 aliphatic rings. The number of nitrogens with one attached hydrogen (secondary N) is 3. The van der Waals surface area contributed by atoms with Crippen LogP contribution in [-0.4, -0.2) is 92.8 Å². The molecule has 0 saturated carbocycles. The van der Waals surface area contributed by atoms with Gasteiger partial charge in [0.05, 0.1) is 19.8 Å². The Hall–Kier alpha value is -1.95. The van der Waals surface area contributed by atoms with Gasteiger partial charge < -0.3 is 29.6 Å². The van der Waals surface area contributed by atoms with E-state index < -0.39 is 47.9 Å². The number of amides is 2. The first-order chi connectivity index (χ1) is 14.7. The van der Waals surface area contributed by atoms with Gasteiger partial charge in [-0.25, -0.2) is 10.2 Å². The molecular weight excluding hydrogens is 408 g/mol. The van der Waals surface area contributed by atoms with Gasteiger partial charge in [-0.2, -0.15) is 0 Å². The van der Waals surface area contributed by atoms with Crippen molar-refractivity contribution >= 4 is 18.0 Å². The van der Waals surface area contributed by atoms with Gasteiger partial charge in [-0.05, 0) is 40.5 Å². The van der Waals surface area contributed by atoms with Crippen molar-refractivity contribution in [1.29, 1.82) is 0 Å². The number of hydrogen-bond acceptors (Lipinski definition) is 9. The Bertz CT molecular complexity index is 619. The fourth-order valence-electron chi connectivity index (χ4n) is 3.55. The second-order valence-electron chi connectivity index (χ2n) is 8.49. The van der Waals surface area contributed by atoms with Crippen molar-refractivity contribution in [1.82, 2.24) is 21.1 Å². The zero-order valence-electron chi connectivity index (χ0n) is 19.1. The number of rotatable bonds is 7. The molecule has 0 aromatic rings. The van der Waals surface area contributed by atoms with Crippen LogP contribution < -0.4 is 16.1 Å². The Balaban J connectivity index is 2.24. The molecule has 2 saturated heterocycles. The molecule has 0 unspecified atom stereocenters. The number of carbonyl (C=O) groups is 3. The van der Waals surface area contributed by atoms with E-state index in [0.717, 1.165) is 0 Å². The molecule has 2 amide bonds. The Kier molecular flexibility index (Phi) is 9.48. The lowest BCUT2D eigenvalue weighted by Crippen LogP contribution is -2.65. The molecule has 4 atom stereocenters. The van der Waals surface area contributed by atoms with Gasteiger partial charge in [0.2, 0.25) is 0 Å². The molecule has 11 heteroatoms. The van der Waals surface area contributed by atoms with Gasteiger partial charge in [0, 0.05) is 26.2 Å². The molecule has 0 aromatic carbocycles. The van der Waals surface area contributed by atoms with Gasteiger partial charge in [-0.1, -0.05) is 0 Å². The van der Waals surface area contributed by atoms with E-state index in [1.54, 1.807) is 20.8 Å². The van der Waals surface area contributed by atoms with Crippen molar-refractivity contribution in [3.63, 3.8) is 0 Å². The van der Waals surface area contributed by atoms with Crippen molar-refractivity contribution in [2.24, 2.45) is 0 Å². The number of esters is 1. The topological polar surface area (TPSA) is 127 Å². The van der Waals surface area contributed by atoms with Crippen LogP contribution in [0.5, 0.6) is 0 Å². The number of nitrogens with zero attached hydrogens (tertiary/aromatic N) is 1. The number of ether oxygens (including phenoxy) is 4. The fraction of sp³-hybridized carbons (Fsp3) is 0.850. The summed E-state index contributed by atoms with van der Waals surface area (Å²) in [6.45, 7) is 9.37. The Morgan fingerprint density at radius 2 is 2.03 bits per heavy atom. The van der Waals surface area contributed by atoms with Crippen molar-refractivity contribution in [3.8, 4) is 0 Å². The zero-order valence-corrected chi connectivity index (χ0v) is 19.1. The van der Waals surface area contributed by atoms with Crippen LogP contribution in [0.25, 0.3) is 0 Å². The summed E-state index contributed by atoms with van der Waals surface area (Å²) >= 11 is 0. The maximum absolute atomic E-state index is 13.5. The molecule has 178 valence electrons. The highest BCUT2D eigenvalue weighted by Crippen LogP contribution is 2.17. The third-order valence-corrected chi connectivity index (χ3v) is 4.89. The third kappa shape index (κ3) is 7.60. The lowest BCUT2D eigenvalue weighted by atomic mass is 10.0. The highest BCUT2D eigenvalue weighted by molar-refractivity contribution is 5.87. The van der Waals surface area contributed by atoms with Gasteiger partial charge in [-0.3, -0.25) is 14.6 Å². The maximum Gasteiger partial charge on any atom is 0.408 e. The van der Waals surface area contributed by atoms with Crippen molar-refractivity contribution < 1.29 is 33.3 Å². The average Bonchev–Trinajstić information content (AvgIpc) is 2.74. The minimum atomic E-state index is -1.08. The highest BCUT2D eigenvalue weighted by atomic mass is 16.6. The first-order valence-electron chi connectivity index (χ1n) is 10.7. The quantitative estimate of drug-likeness (QED) is 0.463. The molecular formula is C20H36N4O7. The predicted octanol–water partition coefficient (Wildman–Crippen LogP) is -0.0582. The molecule has 0 radical (unpaired) electrons. The van der Waals surface area contributed by atoms with Crippen LogP contribution in [0.15, 0.2) is 0 Å². The maximum atomic E-state index is 13.5. The highest BCUT2D eigenvalue weighted by Gasteiger charge is 2.42. The number of hydrazine groups is 1. The van der Waals surface area contributed by atoms with Crippen LogP contribution in [0.1, 0.15) is 40.5 Å². The molecule has 0 bridgehead atoms. The van der Waals surface area contributed by atoms with E-state index in [-0.39, 0.29) is 0 Å². The van der Waals surface area contributed by atoms with E-state index >= 15 is 0 Å². The summed E-state index contributed by atoms with van der Waals surface area (Å²) in [5, 5.41) is 7.23. The predicted molar refractivity (Wildman–Crippen MR) is 111 cm³/mol. The van der Waals surface area contributed by atoms with Gasteiger partial charge in [-0.15, -0.1) is 0 Å². The van der Waals surface area contributed by atoms with E-state index in [1.807, 2.05) is 6.92 Å². The van der Waals surface area contributed by atoms with Crippen LogP contribution in [0.2, 0.25) is 0 Å². The molecule has 3 N–H and O–H groups in total. The van der Waals surface area contributed by atoms with E-state index in [4.69, 9.17) is 18.9 Å². The van der Waals surface area contributed by atoms with Crippen LogP contribution in [0.4, 0.5) is 4.79 Å². The van der Waals surface area contributed by atoms with Crippen molar-refractivity contribution in [3.05, 3.63) is 0 Å². The smallest absolute Gasteiger partial charge is 0.408 e. The molecule has 31 heavy (non-hydrogen) atoms. The Labute approximate surface area is 183 Å². The molecule has 0 aliphatic carbocycles. The van der Waals surface area contributed by atoms with Crippen LogP contribution in [-0.2, 0) is 28.5 Å². The molecule has 2 fully saturated rings. The van der Waals surface area contributed by atoms with Gasteiger partial charge in [0.15, 0.2) is 0 Å². The number of methoxy groups -OCH3 is 1. The van der Waals surface area contributed by atoms with Gasteiger partial charge in [0.25, 0.3) is 5.91 Å². The van der Waals surface area contributed by atoms with Crippen LogP contribution in [0, 0.1) is 0 Å². The number of alkyl carbamates (subject to hydrolysis) is 1. The second-order valence-corrected chi connectivity index (χ2v) is 8.49. The molecule has 2 rings (SSSR count). The summed E-state index contributed by atoms with van der Waals surface area (Å²) in [5.74, 6) is -0.887. The molecule has 0 aromatic heterocycles. The minimum Gasteiger partial charge on any atom is -0.468 e. The summed E-state index contributed by atoms with van der Waals surface area (Å²) in [6, 6.07) is -1.72. The monoisotopic (exact) mass is 444 g/mol. The van der Waals surface area contributed by atoms with E-state index in [2.05, 4.69) is 16.1 Å². The third-order valence-electron chi connectivity index (χ3n) is 4.89. The minimum absolute atomic E-state index is 0.322. The molecule has 0 spiro atoms. The number of carbonyl (C=O) groups excluding carboxylic acids is 3.